The minimum atomic E-state index is -0.0193. The van der Waals surface area contributed by atoms with E-state index in [0.29, 0.717) is 25.8 Å². The molecule has 0 fully saturated rings. The van der Waals surface area contributed by atoms with Crippen molar-refractivity contribution in [3.63, 3.8) is 0 Å². The fourth-order valence-corrected chi connectivity index (χ4v) is 3.92. The fourth-order valence-electron chi connectivity index (χ4n) is 3.05. The molecule has 1 N–H and O–H groups in total. The smallest absolute Gasteiger partial charge is 0.224 e. The summed E-state index contributed by atoms with van der Waals surface area (Å²) in [6.45, 7) is 6.50. The number of carbonyl (C=O) groups is 1. The number of fused-ring (bicyclic) bond motifs is 1. The second-order valence-electron chi connectivity index (χ2n) is 6.24. The molecule has 2 aromatic heterocycles. The third-order valence-corrected chi connectivity index (χ3v) is 5.28. The highest BCUT2D eigenvalue weighted by atomic mass is 32.1. The summed E-state index contributed by atoms with van der Waals surface area (Å²) >= 11 is 1.62. The number of aryl methyl sites for hydroxylation is 3. The lowest BCUT2D eigenvalue weighted by molar-refractivity contribution is -0.116. The lowest BCUT2D eigenvalue weighted by atomic mass is 10.1. The Balaban J connectivity index is 1.63. The molecule has 134 valence electrons. The van der Waals surface area contributed by atoms with Gasteiger partial charge in [0.05, 0.1) is 40.0 Å². The Hall–Kier alpha value is -2.72. The summed E-state index contributed by atoms with van der Waals surface area (Å²) in [5, 5.41) is 17.2. The molecule has 0 saturated heterocycles. The molecule has 26 heavy (non-hydrogen) atoms. The number of hydrogen-bond acceptors (Lipinski definition) is 5. The maximum absolute atomic E-state index is 12.3. The van der Waals surface area contributed by atoms with Crippen LogP contribution in [0.2, 0.25) is 0 Å². The summed E-state index contributed by atoms with van der Waals surface area (Å²) < 4.78 is 2.93. The molecule has 3 aromatic rings. The molecule has 0 unspecified atom stereocenters. The van der Waals surface area contributed by atoms with Gasteiger partial charge >= 0.3 is 0 Å². The van der Waals surface area contributed by atoms with Crippen LogP contribution in [0.1, 0.15) is 34.8 Å². The van der Waals surface area contributed by atoms with Gasteiger partial charge in [0.1, 0.15) is 0 Å². The highest BCUT2D eigenvalue weighted by molar-refractivity contribution is 7.18. The van der Waals surface area contributed by atoms with Crippen LogP contribution < -0.4 is 5.32 Å². The SMILES string of the molecule is Cc1nc2ccc(NC(=O)CCc3c(C)nn(CCC#N)c3C)cc2s1. The number of anilines is 1. The number of amides is 1. The van der Waals surface area contributed by atoms with Gasteiger partial charge in [-0.05, 0) is 51.0 Å². The van der Waals surface area contributed by atoms with E-state index in [1.807, 2.05) is 43.7 Å². The minimum absolute atomic E-state index is 0.0193. The van der Waals surface area contributed by atoms with Gasteiger partial charge in [0.15, 0.2) is 0 Å². The summed E-state index contributed by atoms with van der Waals surface area (Å²) in [5.74, 6) is -0.0193. The van der Waals surface area contributed by atoms with Gasteiger partial charge in [-0.2, -0.15) is 10.4 Å². The third-order valence-electron chi connectivity index (χ3n) is 4.35. The summed E-state index contributed by atoms with van der Waals surface area (Å²) in [7, 11) is 0. The van der Waals surface area contributed by atoms with Crippen molar-refractivity contribution in [2.45, 2.75) is 46.6 Å². The quantitative estimate of drug-likeness (QED) is 0.716. The second-order valence-corrected chi connectivity index (χ2v) is 7.48. The van der Waals surface area contributed by atoms with Gasteiger partial charge in [-0.1, -0.05) is 0 Å². The van der Waals surface area contributed by atoms with E-state index in [-0.39, 0.29) is 5.91 Å². The average Bonchev–Trinajstić information content (AvgIpc) is 3.09. The van der Waals surface area contributed by atoms with Crippen molar-refractivity contribution in [3.05, 3.63) is 40.2 Å². The topological polar surface area (TPSA) is 83.6 Å². The number of rotatable bonds is 6. The van der Waals surface area contributed by atoms with Gasteiger partial charge in [0.25, 0.3) is 0 Å². The summed E-state index contributed by atoms with van der Waals surface area (Å²) in [4.78, 5) is 16.8. The molecule has 7 heteroatoms. The molecule has 2 heterocycles. The lowest BCUT2D eigenvalue weighted by Crippen LogP contribution is -2.12. The molecule has 0 radical (unpaired) electrons. The number of carbonyl (C=O) groups excluding carboxylic acids is 1. The van der Waals surface area contributed by atoms with Crippen LogP contribution in [0.3, 0.4) is 0 Å². The van der Waals surface area contributed by atoms with Gasteiger partial charge in [-0.25, -0.2) is 4.98 Å². The highest BCUT2D eigenvalue weighted by Crippen LogP contribution is 2.25. The van der Waals surface area contributed by atoms with Crippen LogP contribution in [0.4, 0.5) is 5.69 Å². The maximum atomic E-state index is 12.3. The largest absolute Gasteiger partial charge is 0.326 e. The first kappa shape index (κ1) is 18.1. The Bertz CT molecular complexity index is 995. The fraction of sp³-hybridized carbons (Fsp3) is 0.368. The van der Waals surface area contributed by atoms with E-state index < -0.39 is 0 Å². The number of aromatic nitrogens is 3. The molecule has 0 aliphatic carbocycles. The predicted molar refractivity (Wildman–Crippen MR) is 103 cm³/mol. The van der Waals surface area contributed by atoms with Crippen molar-refractivity contribution in [2.24, 2.45) is 0 Å². The molecule has 3 rings (SSSR count). The average molecular weight is 367 g/mol. The van der Waals surface area contributed by atoms with Crippen LogP contribution in [0, 0.1) is 32.1 Å². The Morgan fingerprint density at radius 2 is 2.15 bits per heavy atom. The number of benzene rings is 1. The number of nitriles is 1. The minimum Gasteiger partial charge on any atom is -0.326 e. The normalized spacial score (nSPS) is 10.8. The molecule has 0 aliphatic heterocycles. The molecule has 0 bridgehead atoms. The van der Waals surface area contributed by atoms with Crippen LogP contribution >= 0.6 is 11.3 Å². The van der Waals surface area contributed by atoms with Crippen LogP contribution in [-0.2, 0) is 17.8 Å². The number of thiazole rings is 1. The Labute approximate surface area is 156 Å². The number of hydrogen-bond donors (Lipinski definition) is 1. The van der Waals surface area contributed by atoms with E-state index in [9.17, 15) is 4.79 Å². The van der Waals surface area contributed by atoms with Crippen LogP contribution in [0.15, 0.2) is 18.2 Å². The molecule has 1 aromatic carbocycles. The van der Waals surface area contributed by atoms with E-state index in [2.05, 4.69) is 21.5 Å². The zero-order valence-corrected chi connectivity index (χ0v) is 16.0. The van der Waals surface area contributed by atoms with Crippen LogP contribution in [0.5, 0.6) is 0 Å². The Morgan fingerprint density at radius 1 is 1.35 bits per heavy atom. The van der Waals surface area contributed by atoms with Crippen molar-refractivity contribution < 1.29 is 4.79 Å². The van der Waals surface area contributed by atoms with E-state index >= 15 is 0 Å². The maximum Gasteiger partial charge on any atom is 0.224 e. The van der Waals surface area contributed by atoms with E-state index in [1.54, 1.807) is 11.3 Å². The zero-order valence-electron chi connectivity index (χ0n) is 15.2. The number of nitrogens with one attached hydrogen (secondary N) is 1. The highest BCUT2D eigenvalue weighted by Gasteiger charge is 2.13. The summed E-state index contributed by atoms with van der Waals surface area (Å²) in [5.41, 5.74) is 4.80. The van der Waals surface area contributed by atoms with Crippen molar-refractivity contribution in [3.8, 4) is 6.07 Å². The summed E-state index contributed by atoms with van der Waals surface area (Å²) in [6.07, 6.45) is 1.46. The Morgan fingerprint density at radius 3 is 2.92 bits per heavy atom. The predicted octanol–water partition coefficient (Wildman–Crippen LogP) is 3.90. The van der Waals surface area contributed by atoms with E-state index in [0.717, 1.165) is 37.9 Å². The van der Waals surface area contributed by atoms with Crippen molar-refractivity contribution in [2.75, 3.05) is 5.32 Å². The molecule has 1 amide bonds. The molecular weight excluding hydrogens is 346 g/mol. The van der Waals surface area contributed by atoms with Gasteiger partial charge in [0, 0.05) is 17.8 Å². The van der Waals surface area contributed by atoms with E-state index in [4.69, 9.17) is 5.26 Å². The van der Waals surface area contributed by atoms with Gasteiger partial charge < -0.3 is 5.32 Å². The molecular formula is C19H21N5OS. The first-order valence-electron chi connectivity index (χ1n) is 8.55. The third kappa shape index (κ3) is 3.92. The summed E-state index contributed by atoms with van der Waals surface area (Å²) in [6, 6.07) is 7.92. The van der Waals surface area contributed by atoms with Crippen LogP contribution in [-0.4, -0.2) is 20.7 Å². The van der Waals surface area contributed by atoms with Crippen LogP contribution in [0.25, 0.3) is 10.2 Å². The Kier molecular flexibility index (Phi) is 5.33. The molecule has 0 saturated carbocycles. The monoisotopic (exact) mass is 367 g/mol. The molecule has 0 atom stereocenters. The van der Waals surface area contributed by atoms with Gasteiger partial charge in [-0.15, -0.1) is 11.3 Å². The zero-order chi connectivity index (χ0) is 18.7. The number of nitrogens with zero attached hydrogens (tertiary/aromatic N) is 4. The molecule has 6 nitrogen and oxygen atoms in total. The lowest BCUT2D eigenvalue weighted by Gasteiger charge is -2.06. The molecule has 0 aliphatic rings. The van der Waals surface area contributed by atoms with Crippen molar-refractivity contribution in [1.82, 2.24) is 14.8 Å². The van der Waals surface area contributed by atoms with E-state index in [1.165, 1.54) is 0 Å². The first-order valence-corrected chi connectivity index (χ1v) is 9.36. The molecule has 0 spiro atoms. The van der Waals surface area contributed by atoms with Crippen molar-refractivity contribution >= 4 is 33.1 Å². The van der Waals surface area contributed by atoms with Crippen molar-refractivity contribution in [1.29, 1.82) is 5.26 Å². The second kappa shape index (κ2) is 7.67. The standard InChI is InChI=1S/C19H21N5OS/c1-12-16(13(2)24(23-12)10-4-9-20)6-8-19(25)22-15-5-7-17-18(11-15)26-14(3)21-17/h5,7,11H,4,6,8,10H2,1-3H3,(H,22,25). The van der Waals surface area contributed by atoms with Gasteiger partial charge in [0.2, 0.25) is 5.91 Å². The first-order chi connectivity index (χ1) is 12.5. The van der Waals surface area contributed by atoms with Gasteiger partial charge in [-0.3, -0.25) is 9.48 Å².